The average molecular weight is 854 g/mol. The number of benzene rings is 7. The molecule has 11 aromatic rings. The molecule has 4 aromatic heterocycles. The van der Waals surface area contributed by atoms with Gasteiger partial charge in [0.1, 0.15) is 5.69 Å². The summed E-state index contributed by atoms with van der Waals surface area (Å²) in [6.07, 6.45) is 3.48. The minimum Gasteiger partial charge on any atom is -0.418 e. The van der Waals surface area contributed by atoms with E-state index >= 15 is 0 Å². The Morgan fingerprint density at radius 1 is 0.377 bits per heavy atom. The Morgan fingerprint density at radius 3 is 1.16 bits per heavy atom. The van der Waals surface area contributed by atoms with E-state index in [0.29, 0.717) is 5.82 Å². The summed E-state index contributed by atoms with van der Waals surface area (Å²) in [7, 11) is -6.00. The van der Waals surface area contributed by atoms with Gasteiger partial charge in [-0.3, -0.25) is 4.98 Å². The molecule has 0 bridgehead atoms. The molecule has 0 spiro atoms. The molecule has 0 fully saturated rings. The van der Waals surface area contributed by atoms with Crippen molar-refractivity contribution in [3.63, 3.8) is 0 Å². The normalized spacial score (nSPS) is 11.2. The first-order valence-corrected chi connectivity index (χ1v) is 19.3. The largest absolute Gasteiger partial charge is 1.00 e. The Kier molecular flexibility index (Phi) is 11.5. The van der Waals surface area contributed by atoms with Crippen LogP contribution in [0.3, 0.4) is 0 Å². The summed E-state index contributed by atoms with van der Waals surface area (Å²) in [6, 6.07) is 59.5. The van der Waals surface area contributed by atoms with Gasteiger partial charge in [0.2, 0.25) is 0 Å². The van der Waals surface area contributed by atoms with Crippen LogP contribution in [0.2, 0.25) is 0 Å². The van der Waals surface area contributed by atoms with Crippen LogP contribution in [-0.2, 0) is 17.1 Å². The summed E-state index contributed by atoms with van der Waals surface area (Å²) in [5, 5.41) is 11.9. The van der Waals surface area contributed by atoms with E-state index in [9.17, 15) is 17.3 Å². The first-order valence-electron chi connectivity index (χ1n) is 19.3. The fourth-order valence-electron chi connectivity index (χ4n) is 7.69. The first kappa shape index (κ1) is 40.7. The van der Waals surface area contributed by atoms with Crippen LogP contribution in [0.15, 0.2) is 182 Å². The molecule has 0 amide bonds. The van der Waals surface area contributed by atoms with Crippen molar-refractivity contribution in [2.75, 3.05) is 0 Å². The molecule has 11 rings (SSSR count). The van der Waals surface area contributed by atoms with Crippen LogP contribution in [0.1, 0.15) is 5.69 Å². The number of halogens is 4. The molecule has 0 unspecified atom stereocenters. The van der Waals surface area contributed by atoms with Crippen molar-refractivity contribution >= 4 is 72.2 Å². The van der Waals surface area contributed by atoms with Gasteiger partial charge in [0.15, 0.2) is 5.82 Å². The number of fused-ring (bicyclic) bond motifs is 7. The number of aromatic nitrogens is 5. The zero-order valence-electron chi connectivity index (χ0n) is 32.4. The van der Waals surface area contributed by atoms with Gasteiger partial charge in [-0.2, -0.15) is 0 Å². The maximum absolute atomic E-state index is 9.75. The van der Waals surface area contributed by atoms with Crippen molar-refractivity contribution in [1.29, 1.82) is 0 Å². The van der Waals surface area contributed by atoms with E-state index in [1.807, 2.05) is 31.2 Å². The van der Waals surface area contributed by atoms with Crippen LogP contribution in [0.25, 0.3) is 98.9 Å². The van der Waals surface area contributed by atoms with E-state index in [4.69, 9.17) is 9.97 Å². The number of pyridine rings is 3. The third-order valence-corrected chi connectivity index (χ3v) is 10.3. The van der Waals surface area contributed by atoms with Gasteiger partial charge in [-0.1, -0.05) is 127 Å². The maximum atomic E-state index is 9.75. The van der Waals surface area contributed by atoms with Crippen molar-refractivity contribution in [1.82, 2.24) is 24.9 Å². The van der Waals surface area contributed by atoms with Crippen LogP contribution in [0.4, 0.5) is 17.3 Å². The monoisotopic (exact) mass is 853 g/mol. The number of hydrogen-bond donors (Lipinski definition) is 0. The summed E-state index contributed by atoms with van der Waals surface area (Å²) in [4.78, 5) is 23.3. The summed E-state index contributed by atoms with van der Waals surface area (Å²) in [5.74, 6) is 0.681. The smallest absolute Gasteiger partial charge is 0.418 e. The first-order chi connectivity index (χ1) is 29.2. The molecule has 300 valence electrons. The van der Waals surface area contributed by atoms with Crippen molar-refractivity contribution in [2.24, 2.45) is 0 Å². The molecule has 0 atom stereocenters. The quantitative estimate of drug-likeness (QED) is 0.0767. The fraction of sp³-hybridized carbons (Fsp3) is 0.0200. The number of hydrogen-bond acceptors (Lipinski definition) is 5. The predicted octanol–water partition coefficient (Wildman–Crippen LogP) is 13.9. The van der Waals surface area contributed by atoms with E-state index in [0.717, 1.165) is 44.6 Å². The SMILES string of the molecule is Cc1ccnc(-c2ccccn2)n1.F[B-](F)(F)F.[Cu+].c1ccc2c(-c3ccc4ccc5ccc(-c6c7ccccc7cc7ccccc67)nc5c4n3)c3ccccc3cc2c1. The van der Waals surface area contributed by atoms with Crippen molar-refractivity contribution < 1.29 is 34.3 Å². The molecule has 61 heavy (non-hydrogen) atoms. The molecule has 4 heterocycles. The van der Waals surface area contributed by atoms with Crippen LogP contribution in [0.5, 0.6) is 0 Å². The maximum Gasteiger partial charge on any atom is 1.00 e. The molecule has 0 aliphatic heterocycles. The topological polar surface area (TPSA) is 64.5 Å². The minimum atomic E-state index is -6.00. The van der Waals surface area contributed by atoms with Gasteiger partial charge in [0.05, 0.1) is 22.4 Å². The molecular weight excluding hydrogens is 821 g/mol. The van der Waals surface area contributed by atoms with Gasteiger partial charge in [0.25, 0.3) is 0 Å². The molecule has 5 nitrogen and oxygen atoms in total. The molecule has 0 aliphatic carbocycles. The fourth-order valence-corrected chi connectivity index (χ4v) is 7.69. The van der Waals surface area contributed by atoms with Crippen molar-refractivity contribution in [2.45, 2.75) is 6.92 Å². The standard InChI is InChI=1S/C40H24N2.C10H9N3.BF4.Cu/c1-5-13-31-27(9-1)23-28-10-2-6-14-32(28)37(31)35-21-19-25-17-18-26-20-22-36(42-40(26)39(25)41-35)38-33-15-7-3-11-29(33)24-30-12-4-8-16-34(30)38;1-8-5-7-12-10(13-8)9-4-2-3-6-11-9;2-1(3,4)5;/h1-24H;2-7H,1H3;;/q;;-1;+1. The molecule has 7 aromatic carbocycles. The van der Waals surface area contributed by atoms with Gasteiger partial charge < -0.3 is 17.3 Å². The van der Waals surface area contributed by atoms with Crippen LogP contribution in [-0.4, -0.2) is 32.2 Å². The minimum absolute atomic E-state index is 0. The molecule has 0 saturated heterocycles. The van der Waals surface area contributed by atoms with Crippen LogP contribution in [0, 0.1) is 6.92 Å². The Bertz CT molecular complexity index is 3070. The van der Waals surface area contributed by atoms with Gasteiger partial charge in [-0.05, 0) is 92.5 Å². The van der Waals surface area contributed by atoms with Crippen molar-refractivity contribution in [3.05, 3.63) is 188 Å². The molecular formula is C50H33BCuF4N5. The van der Waals surface area contributed by atoms with E-state index in [-0.39, 0.29) is 17.1 Å². The average Bonchev–Trinajstić information content (AvgIpc) is 3.27. The van der Waals surface area contributed by atoms with Gasteiger partial charge in [-0.25, -0.2) is 19.9 Å². The predicted molar refractivity (Wildman–Crippen MR) is 238 cm³/mol. The molecule has 0 N–H and O–H groups in total. The second-order valence-corrected chi connectivity index (χ2v) is 14.2. The van der Waals surface area contributed by atoms with Gasteiger partial charge in [-0.15, -0.1) is 0 Å². The molecule has 0 radical (unpaired) electrons. The Hall–Kier alpha value is -7.07. The number of aryl methyl sites for hydroxylation is 1. The zero-order valence-corrected chi connectivity index (χ0v) is 33.4. The summed E-state index contributed by atoms with van der Waals surface area (Å²) in [5.41, 5.74) is 7.87. The Labute approximate surface area is 358 Å². The number of rotatable bonds is 3. The second-order valence-electron chi connectivity index (χ2n) is 14.2. The number of nitrogens with zero attached hydrogens (tertiary/aromatic N) is 5. The van der Waals surface area contributed by atoms with E-state index in [1.165, 1.54) is 54.2 Å². The van der Waals surface area contributed by atoms with Gasteiger partial charge >= 0.3 is 24.3 Å². The Morgan fingerprint density at radius 2 is 0.770 bits per heavy atom. The van der Waals surface area contributed by atoms with E-state index in [2.05, 4.69) is 161 Å². The van der Waals surface area contributed by atoms with E-state index < -0.39 is 7.25 Å². The summed E-state index contributed by atoms with van der Waals surface area (Å²) in [6.45, 7) is 1.94. The van der Waals surface area contributed by atoms with E-state index in [1.54, 1.807) is 12.4 Å². The Balaban J connectivity index is 0.000000226. The third-order valence-electron chi connectivity index (χ3n) is 10.3. The molecule has 11 heteroatoms. The van der Waals surface area contributed by atoms with Crippen molar-refractivity contribution in [3.8, 4) is 34.0 Å². The zero-order chi connectivity index (χ0) is 41.2. The second kappa shape index (κ2) is 17.3. The molecule has 0 saturated carbocycles. The van der Waals surface area contributed by atoms with Crippen LogP contribution >= 0.6 is 0 Å². The summed E-state index contributed by atoms with van der Waals surface area (Å²) < 4.78 is 39.0. The van der Waals surface area contributed by atoms with Gasteiger partial charge in [0, 0.05) is 40.0 Å². The third kappa shape index (κ3) is 8.66. The summed E-state index contributed by atoms with van der Waals surface area (Å²) >= 11 is 0. The molecule has 0 aliphatic rings. The van der Waals surface area contributed by atoms with Crippen LogP contribution < -0.4 is 0 Å².